The molecule has 0 atom stereocenters. The lowest BCUT2D eigenvalue weighted by molar-refractivity contribution is 0.101. The molecule has 0 aliphatic rings. The maximum absolute atomic E-state index is 11.4. The number of carbonyl (C=O) groups is 1. The number of ether oxygens (including phenoxy) is 1. The average Bonchev–Trinajstić information content (AvgIpc) is 2.43. The number of rotatable bonds is 6. The summed E-state index contributed by atoms with van der Waals surface area (Å²) in [6.07, 6.45) is 0. The zero-order valence-corrected chi connectivity index (χ0v) is 12.3. The fraction of sp³-hybridized carbons (Fsp3) is 0.214. The minimum Gasteiger partial charge on any atom is -0.492 e. The summed E-state index contributed by atoms with van der Waals surface area (Å²) < 4.78 is 5.59. The van der Waals surface area contributed by atoms with Gasteiger partial charge in [0, 0.05) is 11.8 Å². The lowest BCUT2D eigenvalue weighted by atomic mass is 10.1. The van der Waals surface area contributed by atoms with Gasteiger partial charge in [-0.25, -0.2) is 4.98 Å². The molecule has 110 valence electrons. The standard InChI is InChI=1S/C14H15N3O3S/c1-9(18)10-4-2-3-5-11(10)20-6-7-21-14-16-12(15)8-13(19)17-14/h2-5,8H,6-7H2,1H3,(H3,15,16,17,19). The molecule has 0 aliphatic heterocycles. The lowest BCUT2D eigenvalue weighted by Gasteiger charge is -2.09. The number of aromatic amines is 1. The molecule has 0 saturated heterocycles. The molecular formula is C14H15N3O3S. The van der Waals surface area contributed by atoms with Crippen LogP contribution in [-0.2, 0) is 0 Å². The van der Waals surface area contributed by atoms with E-state index in [9.17, 15) is 9.59 Å². The first-order valence-corrected chi connectivity index (χ1v) is 7.27. The number of carbonyl (C=O) groups excluding carboxylic acids is 1. The monoisotopic (exact) mass is 305 g/mol. The van der Waals surface area contributed by atoms with Crippen molar-refractivity contribution in [3.8, 4) is 5.75 Å². The van der Waals surface area contributed by atoms with E-state index in [1.807, 2.05) is 6.07 Å². The normalized spacial score (nSPS) is 10.3. The molecule has 2 aromatic rings. The van der Waals surface area contributed by atoms with Crippen molar-refractivity contribution in [2.75, 3.05) is 18.1 Å². The van der Waals surface area contributed by atoms with Gasteiger partial charge in [-0.3, -0.25) is 9.59 Å². The number of ketones is 1. The SMILES string of the molecule is CC(=O)c1ccccc1OCCSc1nc(N)cc(=O)[nH]1. The highest BCUT2D eigenvalue weighted by atomic mass is 32.2. The van der Waals surface area contributed by atoms with E-state index in [1.54, 1.807) is 18.2 Å². The van der Waals surface area contributed by atoms with Gasteiger partial charge < -0.3 is 15.5 Å². The Balaban J connectivity index is 1.90. The van der Waals surface area contributed by atoms with Gasteiger partial charge in [-0.1, -0.05) is 23.9 Å². The molecule has 0 bridgehead atoms. The number of benzene rings is 1. The Morgan fingerprint density at radius 3 is 2.90 bits per heavy atom. The van der Waals surface area contributed by atoms with E-state index in [-0.39, 0.29) is 17.2 Å². The van der Waals surface area contributed by atoms with Gasteiger partial charge in [0.1, 0.15) is 11.6 Å². The van der Waals surface area contributed by atoms with Gasteiger partial charge >= 0.3 is 0 Å². The van der Waals surface area contributed by atoms with Gasteiger partial charge in [-0.05, 0) is 19.1 Å². The van der Waals surface area contributed by atoms with Crippen molar-refractivity contribution in [3.63, 3.8) is 0 Å². The number of nitrogens with two attached hydrogens (primary N) is 1. The third-order valence-electron chi connectivity index (χ3n) is 2.59. The molecule has 3 N–H and O–H groups in total. The van der Waals surface area contributed by atoms with E-state index < -0.39 is 0 Å². The van der Waals surface area contributed by atoms with E-state index in [4.69, 9.17) is 10.5 Å². The maximum atomic E-state index is 11.4. The predicted octanol–water partition coefficient (Wildman–Crippen LogP) is 1.73. The minimum absolute atomic E-state index is 0.0416. The van der Waals surface area contributed by atoms with Crippen LogP contribution in [0.25, 0.3) is 0 Å². The van der Waals surface area contributed by atoms with Crippen molar-refractivity contribution in [1.82, 2.24) is 9.97 Å². The summed E-state index contributed by atoms with van der Waals surface area (Å²) in [4.78, 5) is 29.3. The van der Waals surface area contributed by atoms with E-state index in [1.165, 1.54) is 24.8 Å². The van der Waals surface area contributed by atoms with Crippen LogP contribution in [0, 0.1) is 0 Å². The molecule has 1 heterocycles. The summed E-state index contributed by atoms with van der Waals surface area (Å²) in [5.41, 5.74) is 5.76. The summed E-state index contributed by atoms with van der Waals surface area (Å²) >= 11 is 1.33. The molecular weight excluding hydrogens is 290 g/mol. The first-order chi connectivity index (χ1) is 10.1. The molecule has 0 amide bonds. The van der Waals surface area contributed by atoms with Crippen LogP contribution in [0.3, 0.4) is 0 Å². The highest BCUT2D eigenvalue weighted by Crippen LogP contribution is 2.19. The first kappa shape index (κ1) is 15.1. The molecule has 0 radical (unpaired) electrons. The minimum atomic E-state index is -0.284. The summed E-state index contributed by atoms with van der Waals surface area (Å²) in [7, 11) is 0. The second kappa shape index (κ2) is 6.94. The lowest BCUT2D eigenvalue weighted by Crippen LogP contribution is -2.10. The van der Waals surface area contributed by atoms with Crippen molar-refractivity contribution in [2.45, 2.75) is 12.1 Å². The van der Waals surface area contributed by atoms with Crippen LogP contribution in [0.1, 0.15) is 17.3 Å². The smallest absolute Gasteiger partial charge is 0.253 e. The molecule has 2 rings (SSSR count). The van der Waals surface area contributed by atoms with Crippen LogP contribution < -0.4 is 16.0 Å². The highest BCUT2D eigenvalue weighted by Gasteiger charge is 2.07. The van der Waals surface area contributed by atoms with Gasteiger partial charge in [0.25, 0.3) is 5.56 Å². The Kier molecular flexibility index (Phi) is 4.99. The van der Waals surface area contributed by atoms with Gasteiger partial charge in [-0.2, -0.15) is 0 Å². The van der Waals surface area contributed by atoms with Gasteiger partial charge in [0.15, 0.2) is 10.9 Å². The highest BCUT2D eigenvalue weighted by molar-refractivity contribution is 7.99. The molecule has 21 heavy (non-hydrogen) atoms. The van der Waals surface area contributed by atoms with Crippen LogP contribution in [0.4, 0.5) is 5.82 Å². The Labute approximate surface area is 125 Å². The molecule has 7 heteroatoms. The number of nitrogens with zero attached hydrogens (tertiary/aromatic N) is 1. The zero-order valence-electron chi connectivity index (χ0n) is 11.5. The molecule has 0 spiro atoms. The van der Waals surface area contributed by atoms with E-state index in [0.29, 0.717) is 28.8 Å². The molecule has 0 saturated carbocycles. The number of hydrogen-bond donors (Lipinski definition) is 2. The fourth-order valence-corrected chi connectivity index (χ4v) is 2.40. The maximum Gasteiger partial charge on any atom is 0.253 e. The number of aromatic nitrogens is 2. The van der Waals surface area contributed by atoms with Crippen LogP contribution in [0.5, 0.6) is 5.75 Å². The van der Waals surface area contributed by atoms with Crippen molar-refractivity contribution in [1.29, 1.82) is 0 Å². The second-order valence-corrected chi connectivity index (χ2v) is 5.31. The van der Waals surface area contributed by atoms with Crippen molar-refractivity contribution >= 4 is 23.4 Å². The van der Waals surface area contributed by atoms with Crippen LogP contribution in [-0.4, -0.2) is 28.1 Å². The van der Waals surface area contributed by atoms with E-state index >= 15 is 0 Å². The van der Waals surface area contributed by atoms with Crippen LogP contribution in [0.2, 0.25) is 0 Å². The molecule has 1 aromatic heterocycles. The number of hydrogen-bond acceptors (Lipinski definition) is 6. The topological polar surface area (TPSA) is 98.1 Å². The average molecular weight is 305 g/mol. The number of H-pyrrole nitrogens is 1. The van der Waals surface area contributed by atoms with E-state index in [0.717, 1.165) is 0 Å². The summed E-state index contributed by atoms with van der Waals surface area (Å²) in [6.45, 7) is 1.88. The Morgan fingerprint density at radius 2 is 2.19 bits per heavy atom. The third-order valence-corrected chi connectivity index (χ3v) is 3.42. The Bertz CT molecular complexity index is 700. The van der Waals surface area contributed by atoms with Crippen LogP contribution in [0.15, 0.2) is 40.3 Å². The number of Topliss-reactive ketones (excluding diaryl/α,β-unsaturated/α-hetero) is 1. The van der Waals surface area contributed by atoms with E-state index in [2.05, 4.69) is 9.97 Å². The van der Waals surface area contributed by atoms with Gasteiger partial charge in [0.2, 0.25) is 0 Å². The number of anilines is 1. The third kappa shape index (κ3) is 4.35. The number of nitrogen functional groups attached to an aromatic ring is 1. The number of nitrogens with one attached hydrogen (secondary N) is 1. The quantitative estimate of drug-likeness (QED) is 0.365. The first-order valence-electron chi connectivity index (χ1n) is 6.28. The van der Waals surface area contributed by atoms with Gasteiger partial charge in [0.05, 0.1) is 12.2 Å². The summed E-state index contributed by atoms with van der Waals surface area (Å²) in [6, 6.07) is 8.30. The fourth-order valence-electron chi connectivity index (χ4n) is 1.69. The second-order valence-electron chi connectivity index (χ2n) is 4.22. The molecule has 0 aliphatic carbocycles. The van der Waals surface area contributed by atoms with Crippen LogP contribution >= 0.6 is 11.8 Å². The number of thioether (sulfide) groups is 1. The number of para-hydroxylation sites is 1. The summed E-state index contributed by atoms with van der Waals surface area (Å²) in [5, 5.41) is 0.448. The molecule has 0 fully saturated rings. The molecule has 0 unspecified atom stereocenters. The Morgan fingerprint density at radius 1 is 1.43 bits per heavy atom. The molecule has 6 nitrogen and oxygen atoms in total. The van der Waals surface area contributed by atoms with Gasteiger partial charge in [-0.15, -0.1) is 0 Å². The van der Waals surface area contributed by atoms with Crippen molar-refractivity contribution < 1.29 is 9.53 Å². The summed E-state index contributed by atoms with van der Waals surface area (Å²) in [5.74, 6) is 1.27. The zero-order chi connectivity index (χ0) is 15.2. The Hall–Kier alpha value is -2.28. The largest absolute Gasteiger partial charge is 0.492 e. The predicted molar refractivity (Wildman–Crippen MR) is 81.9 cm³/mol. The van der Waals surface area contributed by atoms with Crippen molar-refractivity contribution in [2.24, 2.45) is 0 Å². The molecule has 1 aromatic carbocycles. The van der Waals surface area contributed by atoms with Crippen molar-refractivity contribution in [3.05, 3.63) is 46.2 Å².